The van der Waals surface area contributed by atoms with Gasteiger partial charge in [0.05, 0.1) is 17.1 Å². The number of nitrogens with zero attached hydrogens (tertiary/aromatic N) is 1. The summed E-state index contributed by atoms with van der Waals surface area (Å²) in [5.74, 6) is -1.16. The second kappa shape index (κ2) is 8.43. The normalized spacial score (nSPS) is 12.9. The topological polar surface area (TPSA) is 69.8 Å². The number of rotatable bonds is 7. The first-order valence-electron chi connectivity index (χ1n) is 8.94. The van der Waals surface area contributed by atoms with Gasteiger partial charge >= 0.3 is 6.18 Å². The number of alkyl halides is 3. The van der Waals surface area contributed by atoms with Crippen LogP contribution in [0.3, 0.4) is 0 Å². The van der Waals surface area contributed by atoms with Crippen molar-refractivity contribution in [2.24, 2.45) is 0 Å². The number of imidazole rings is 1. The van der Waals surface area contributed by atoms with Gasteiger partial charge in [0.15, 0.2) is 0 Å². The molecule has 0 aliphatic carbocycles. The van der Waals surface area contributed by atoms with E-state index in [0.717, 1.165) is 12.1 Å². The lowest BCUT2D eigenvalue weighted by Crippen LogP contribution is -2.29. The van der Waals surface area contributed by atoms with Crippen molar-refractivity contribution in [2.45, 2.75) is 25.1 Å². The molecule has 5 nitrogen and oxygen atoms in total. The van der Waals surface area contributed by atoms with E-state index in [2.05, 4.69) is 20.6 Å². The van der Waals surface area contributed by atoms with E-state index in [4.69, 9.17) is 0 Å². The predicted octanol–water partition coefficient (Wildman–Crippen LogP) is 3.79. The molecule has 0 aliphatic rings. The second-order valence-electron chi connectivity index (χ2n) is 6.48. The molecule has 1 unspecified atom stereocenters. The molecule has 0 fully saturated rings. The lowest BCUT2D eigenvalue weighted by Gasteiger charge is -2.20. The summed E-state index contributed by atoms with van der Waals surface area (Å²) in [5.41, 5.74) is 2.02. The molecule has 1 aromatic heterocycles. The lowest BCUT2D eigenvalue weighted by atomic mass is 9.98. The number of nitrogens with one attached hydrogen (secondary N) is 3. The fourth-order valence-electron chi connectivity index (χ4n) is 3.00. The van der Waals surface area contributed by atoms with E-state index in [1.807, 2.05) is 37.4 Å². The zero-order valence-electron chi connectivity index (χ0n) is 15.3. The standard InChI is InChI=1S/C20H21F3N4O/c1-24-11-5-8-17(28)27-18(13-6-3-2-4-7-13)14-9-10-15-16(12-14)26-19(25-15)20(21,22)23/h2-4,6-7,9-10,12,18,24H,5,8,11H2,1H3,(H,25,26)(H,27,28). The third-order valence-corrected chi connectivity index (χ3v) is 4.38. The van der Waals surface area contributed by atoms with Gasteiger partial charge < -0.3 is 15.6 Å². The summed E-state index contributed by atoms with van der Waals surface area (Å²) < 4.78 is 38.7. The number of aromatic amines is 1. The fourth-order valence-corrected chi connectivity index (χ4v) is 3.00. The summed E-state index contributed by atoms with van der Waals surface area (Å²) in [5, 5.41) is 5.98. The van der Waals surface area contributed by atoms with Crippen LogP contribution in [0.4, 0.5) is 13.2 Å². The summed E-state index contributed by atoms with van der Waals surface area (Å²) in [4.78, 5) is 18.3. The number of hydrogen-bond donors (Lipinski definition) is 3. The van der Waals surface area contributed by atoms with Crippen LogP contribution in [0.2, 0.25) is 0 Å². The van der Waals surface area contributed by atoms with Gasteiger partial charge in [-0.1, -0.05) is 36.4 Å². The highest BCUT2D eigenvalue weighted by Gasteiger charge is 2.34. The first kappa shape index (κ1) is 19.9. The number of benzene rings is 2. The van der Waals surface area contributed by atoms with Gasteiger partial charge in [0, 0.05) is 6.42 Å². The fraction of sp³-hybridized carbons (Fsp3) is 0.300. The average molecular weight is 390 g/mol. The molecule has 0 radical (unpaired) electrons. The van der Waals surface area contributed by atoms with Crippen LogP contribution in [0, 0.1) is 0 Å². The third kappa shape index (κ3) is 4.69. The van der Waals surface area contributed by atoms with Crippen LogP contribution in [0.25, 0.3) is 11.0 Å². The Kier molecular flexibility index (Phi) is 5.99. The van der Waals surface area contributed by atoms with E-state index in [1.54, 1.807) is 12.1 Å². The van der Waals surface area contributed by atoms with Crippen LogP contribution in [-0.4, -0.2) is 29.5 Å². The molecule has 0 saturated carbocycles. The van der Waals surface area contributed by atoms with Crippen LogP contribution in [-0.2, 0) is 11.0 Å². The Morgan fingerprint density at radius 1 is 1.14 bits per heavy atom. The highest BCUT2D eigenvalue weighted by atomic mass is 19.4. The van der Waals surface area contributed by atoms with E-state index in [9.17, 15) is 18.0 Å². The van der Waals surface area contributed by atoms with E-state index in [1.165, 1.54) is 6.07 Å². The molecule has 28 heavy (non-hydrogen) atoms. The number of fused-ring (bicyclic) bond motifs is 1. The van der Waals surface area contributed by atoms with Gasteiger partial charge in [0.25, 0.3) is 0 Å². The highest BCUT2D eigenvalue weighted by Crippen LogP contribution is 2.30. The Morgan fingerprint density at radius 3 is 2.57 bits per heavy atom. The monoisotopic (exact) mass is 390 g/mol. The molecule has 2 aromatic carbocycles. The van der Waals surface area contributed by atoms with Gasteiger partial charge in [-0.15, -0.1) is 0 Å². The van der Waals surface area contributed by atoms with Crippen molar-refractivity contribution in [1.82, 2.24) is 20.6 Å². The summed E-state index contributed by atoms with van der Waals surface area (Å²) in [6.07, 6.45) is -3.49. The second-order valence-corrected chi connectivity index (χ2v) is 6.48. The molecule has 3 N–H and O–H groups in total. The first-order valence-corrected chi connectivity index (χ1v) is 8.94. The van der Waals surface area contributed by atoms with Gasteiger partial charge in [0.1, 0.15) is 0 Å². The molecule has 1 amide bonds. The average Bonchev–Trinajstić information content (AvgIpc) is 3.11. The zero-order chi connectivity index (χ0) is 20.1. The quantitative estimate of drug-likeness (QED) is 0.538. The third-order valence-electron chi connectivity index (χ3n) is 4.38. The number of carbonyl (C=O) groups excluding carboxylic acids is 1. The van der Waals surface area contributed by atoms with Crippen LogP contribution >= 0.6 is 0 Å². The van der Waals surface area contributed by atoms with Gasteiger partial charge in [-0.25, -0.2) is 4.98 Å². The van der Waals surface area contributed by atoms with E-state index < -0.39 is 18.0 Å². The van der Waals surface area contributed by atoms with Crippen LogP contribution in [0.1, 0.15) is 35.8 Å². The van der Waals surface area contributed by atoms with Crippen molar-refractivity contribution >= 4 is 16.9 Å². The van der Waals surface area contributed by atoms with Gasteiger partial charge in [0.2, 0.25) is 11.7 Å². The Bertz CT molecular complexity index is 938. The maximum absolute atomic E-state index is 12.9. The molecule has 1 heterocycles. The minimum Gasteiger partial charge on any atom is -0.345 e. The Balaban J connectivity index is 1.92. The minimum atomic E-state index is -4.54. The van der Waals surface area contributed by atoms with Crippen molar-refractivity contribution in [3.8, 4) is 0 Å². The van der Waals surface area contributed by atoms with Crippen LogP contribution in [0.5, 0.6) is 0 Å². The molecule has 0 aliphatic heterocycles. The number of H-pyrrole nitrogens is 1. The molecule has 1 atom stereocenters. The molecule has 148 valence electrons. The van der Waals surface area contributed by atoms with Gasteiger partial charge in [-0.3, -0.25) is 4.79 Å². The summed E-state index contributed by atoms with van der Waals surface area (Å²) in [6.45, 7) is 0.726. The highest BCUT2D eigenvalue weighted by molar-refractivity contribution is 5.79. The van der Waals surface area contributed by atoms with Crippen molar-refractivity contribution in [3.05, 3.63) is 65.5 Å². The number of aromatic nitrogens is 2. The summed E-state index contributed by atoms with van der Waals surface area (Å²) in [7, 11) is 1.82. The maximum atomic E-state index is 12.9. The molecule has 0 saturated heterocycles. The molecule has 0 bridgehead atoms. The van der Waals surface area contributed by atoms with E-state index in [0.29, 0.717) is 18.4 Å². The summed E-state index contributed by atoms with van der Waals surface area (Å²) in [6, 6.07) is 13.7. The minimum absolute atomic E-state index is 0.121. The lowest BCUT2D eigenvalue weighted by molar-refractivity contribution is -0.144. The largest absolute Gasteiger partial charge is 0.449 e. The molecule has 0 spiro atoms. The number of halogens is 3. The molecule has 3 rings (SSSR count). The van der Waals surface area contributed by atoms with E-state index >= 15 is 0 Å². The zero-order valence-corrected chi connectivity index (χ0v) is 15.3. The first-order chi connectivity index (χ1) is 13.4. The molecular weight excluding hydrogens is 369 g/mol. The van der Waals surface area contributed by atoms with Crippen LogP contribution in [0.15, 0.2) is 48.5 Å². The SMILES string of the molecule is CNCCCC(=O)NC(c1ccccc1)c1ccc2nc(C(F)(F)F)[nH]c2c1. The number of carbonyl (C=O) groups is 1. The number of amides is 1. The predicted molar refractivity (Wildman–Crippen MR) is 101 cm³/mol. The van der Waals surface area contributed by atoms with Crippen molar-refractivity contribution in [1.29, 1.82) is 0 Å². The van der Waals surface area contributed by atoms with Gasteiger partial charge in [-0.05, 0) is 43.3 Å². The van der Waals surface area contributed by atoms with Crippen molar-refractivity contribution in [3.63, 3.8) is 0 Å². The Morgan fingerprint density at radius 2 is 1.89 bits per heavy atom. The van der Waals surface area contributed by atoms with Gasteiger partial charge in [-0.2, -0.15) is 13.2 Å². The summed E-state index contributed by atoms with van der Waals surface area (Å²) >= 11 is 0. The maximum Gasteiger partial charge on any atom is 0.449 e. The van der Waals surface area contributed by atoms with Crippen molar-refractivity contribution in [2.75, 3.05) is 13.6 Å². The smallest absolute Gasteiger partial charge is 0.345 e. The number of hydrogen-bond acceptors (Lipinski definition) is 3. The molecule has 8 heteroatoms. The Hall–Kier alpha value is -2.87. The molecular formula is C20H21F3N4O. The Labute approximate surface area is 160 Å². The molecule has 3 aromatic rings. The van der Waals surface area contributed by atoms with Crippen molar-refractivity contribution < 1.29 is 18.0 Å². The van der Waals surface area contributed by atoms with E-state index in [-0.39, 0.29) is 16.9 Å². The van der Waals surface area contributed by atoms with Crippen LogP contribution < -0.4 is 10.6 Å².